The van der Waals surface area contributed by atoms with Crippen molar-refractivity contribution in [3.05, 3.63) is 106 Å². The highest BCUT2D eigenvalue weighted by molar-refractivity contribution is 7.07. The molecule has 2 amide bonds. The van der Waals surface area contributed by atoms with E-state index >= 15 is 0 Å². The van der Waals surface area contributed by atoms with Gasteiger partial charge in [-0.3, -0.25) is 9.59 Å². The number of nitrogens with one attached hydrogen (secondary N) is 2. The Labute approximate surface area is 203 Å². The van der Waals surface area contributed by atoms with Crippen molar-refractivity contribution in [2.45, 2.75) is 12.6 Å². The van der Waals surface area contributed by atoms with Crippen molar-refractivity contribution in [2.75, 3.05) is 11.9 Å². The highest BCUT2D eigenvalue weighted by Crippen LogP contribution is 2.33. The molecule has 0 aliphatic carbocycles. The highest BCUT2D eigenvalue weighted by Gasteiger charge is 2.32. The molecule has 0 bridgehead atoms. The summed E-state index contributed by atoms with van der Waals surface area (Å²) >= 11 is 1.49. The lowest BCUT2D eigenvalue weighted by atomic mass is 9.96. The summed E-state index contributed by atoms with van der Waals surface area (Å²) in [6, 6.07) is 18.0. The summed E-state index contributed by atoms with van der Waals surface area (Å²) in [5, 5.41) is 7.34. The van der Waals surface area contributed by atoms with Crippen molar-refractivity contribution < 1.29 is 22.8 Å². The van der Waals surface area contributed by atoms with E-state index in [1.807, 2.05) is 5.38 Å². The molecule has 0 saturated carbocycles. The van der Waals surface area contributed by atoms with Gasteiger partial charge in [0.25, 0.3) is 11.8 Å². The van der Waals surface area contributed by atoms with Gasteiger partial charge in [-0.15, -0.1) is 11.3 Å². The molecule has 4 rings (SSSR count). The van der Waals surface area contributed by atoms with Gasteiger partial charge in [0.05, 0.1) is 16.8 Å². The quantitative estimate of drug-likeness (QED) is 0.328. The number of carbonyl (C=O) groups excluding carboxylic acids is 2. The van der Waals surface area contributed by atoms with Crippen LogP contribution in [-0.4, -0.2) is 23.3 Å². The normalized spacial score (nSPS) is 11.2. The summed E-state index contributed by atoms with van der Waals surface area (Å²) in [7, 11) is 0. The number of carbonyl (C=O) groups is 2. The van der Waals surface area contributed by atoms with Crippen LogP contribution in [0.25, 0.3) is 11.1 Å². The first-order valence-corrected chi connectivity index (χ1v) is 11.6. The average molecular weight is 496 g/mol. The minimum atomic E-state index is -4.58. The van der Waals surface area contributed by atoms with Crippen LogP contribution >= 0.6 is 11.3 Å². The molecule has 0 radical (unpaired) electrons. The highest BCUT2D eigenvalue weighted by atomic mass is 32.1. The molecule has 0 atom stereocenters. The maximum absolute atomic E-state index is 13.3. The smallest absolute Gasteiger partial charge is 0.352 e. The third-order valence-corrected chi connectivity index (χ3v) is 5.87. The van der Waals surface area contributed by atoms with E-state index in [1.54, 1.807) is 35.8 Å². The topological polar surface area (TPSA) is 71.1 Å². The second-order valence-corrected chi connectivity index (χ2v) is 8.36. The van der Waals surface area contributed by atoms with Crippen LogP contribution in [0.3, 0.4) is 0 Å². The van der Waals surface area contributed by atoms with Gasteiger partial charge in [-0.1, -0.05) is 36.4 Å². The average Bonchev–Trinajstić information content (AvgIpc) is 3.37. The van der Waals surface area contributed by atoms with Crippen molar-refractivity contribution in [2.24, 2.45) is 0 Å². The van der Waals surface area contributed by atoms with Crippen LogP contribution < -0.4 is 10.6 Å². The van der Waals surface area contributed by atoms with E-state index in [9.17, 15) is 22.8 Å². The molecule has 178 valence electrons. The molecular formula is C26H20F3N3O2S. The second-order valence-electron chi connectivity index (χ2n) is 7.64. The lowest BCUT2D eigenvalue weighted by Gasteiger charge is -2.14. The van der Waals surface area contributed by atoms with E-state index in [0.29, 0.717) is 35.3 Å². The maximum atomic E-state index is 13.3. The van der Waals surface area contributed by atoms with Gasteiger partial charge in [0.1, 0.15) is 0 Å². The van der Waals surface area contributed by atoms with Crippen molar-refractivity contribution in [3.63, 3.8) is 0 Å². The fourth-order valence-corrected chi connectivity index (χ4v) is 4.04. The Morgan fingerprint density at radius 3 is 2.31 bits per heavy atom. The molecule has 2 N–H and O–H groups in total. The van der Waals surface area contributed by atoms with Gasteiger partial charge in [0.15, 0.2) is 0 Å². The largest absolute Gasteiger partial charge is 0.416 e. The van der Waals surface area contributed by atoms with Crippen molar-refractivity contribution in [1.82, 2.24) is 10.3 Å². The zero-order valence-corrected chi connectivity index (χ0v) is 19.1. The number of halogens is 3. The Hall–Kier alpha value is -3.98. The number of nitrogens with zero attached hydrogens (tertiary/aromatic N) is 1. The molecule has 0 fully saturated rings. The minimum Gasteiger partial charge on any atom is -0.352 e. The first-order valence-electron chi connectivity index (χ1n) is 10.6. The number of anilines is 1. The van der Waals surface area contributed by atoms with Crippen LogP contribution in [0.15, 0.2) is 83.7 Å². The molecule has 1 heterocycles. The van der Waals surface area contributed by atoms with Crippen molar-refractivity contribution >= 4 is 28.8 Å². The molecule has 5 nitrogen and oxygen atoms in total. The summed E-state index contributed by atoms with van der Waals surface area (Å²) in [6.07, 6.45) is -3.97. The fraction of sp³-hybridized carbons (Fsp3) is 0.115. The molecule has 0 aliphatic rings. The van der Waals surface area contributed by atoms with Gasteiger partial charge in [-0.2, -0.15) is 13.2 Å². The molecule has 0 aliphatic heterocycles. The predicted octanol–water partition coefficient (Wildman–Crippen LogP) is 6.05. The zero-order chi connectivity index (χ0) is 24.8. The third kappa shape index (κ3) is 6.13. The van der Waals surface area contributed by atoms with Crippen LogP contribution in [0.2, 0.25) is 0 Å². The maximum Gasteiger partial charge on any atom is 0.416 e. The number of aromatic nitrogens is 1. The number of hydrogen-bond donors (Lipinski definition) is 2. The first kappa shape index (κ1) is 24.2. The molecule has 4 aromatic rings. The number of amides is 2. The summed E-state index contributed by atoms with van der Waals surface area (Å²) in [5.74, 6) is -0.960. The van der Waals surface area contributed by atoms with E-state index in [2.05, 4.69) is 15.6 Å². The molecule has 0 spiro atoms. The second kappa shape index (κ2) is 10.5. The first-order chi connectivity index (χ1) is 16.8. The number of rotatable bonds is 7. The van der Waals surface area contributed by atoms with E-state index in [1.165, 1.54) is 41.7 Å². The van der Waals surface area contributed by atoms with E-state index in [0.717, 1.165) is 17.8 Å². The predicted molar refractivity (Wildman–Crippen MR) is 129 cm³/mol. The van der Waals surface area contributed by atoms with E-state index in [-0.39, 0.29) is 11.5 Å². The van der Waals surface area contributed by atoms with E-state index in [4.69, 9.17) is 0 Å². The number of benzene rings is 3. The molecule has 35 heavy (non-hydrogen) atoms. The van der Waals surface area contributed by atoms with Crippen LogP contribution in [0.4, 0.5) is 18.9 Å². The van der Waals surface area contributed by atoms with Gasteiger partial charge in [0.2, 0.25) is 0 Å². The number of thiazole rings is 1. The van der Waals surface area contributed by atoms with Gasteiger partial charge in [-0.05, 0) is 47.5 Å². The Balaban J connectivity index is 1.48. The Morgan fingerprint density at radius 1 is 0.914 bits per heavy atom. The Bertz CT molecular complexity index is 1310. The fourth-order valence-electron chi connectivity index (χ4n) is 3.45. The third-order valence-electron chi connectivity index (χ3n) is 5.23. The molecular weight excluding hydrogens is 475 g/mol. The monoisotopic (exact) mass is 495 g/mol. The Morgan fingerprint density at radius 2 is 1.66 bits per heavy atom. The summed E-state index contributed by atoms with van der Waals surface area (Å²) in [4.78, 5) is 29.5. The standard InChI is InChI=1S/C26H20F3N3O2S/c27-26(28,29)19-8-11-22(17-4-2-1-3-5-17)23(14-19)25(34)32-20-9-6-18(7-10-20)24(33)30-13-12-21-15-35-16-31-21/h1-11,14-16H,12-13H2,(H,30,33)(H,32,34). The van der Waals surface area contributed by atoms with Gasteiger partial charge in [0, 0.05) is 35.2 Å². The van der Waals surface area contributed by atoms with Crippen molar-refractivity contribution in [1.29, 1.82) is 0 Å². The van der Waals surface area contributed by atoms with Crippen LogP contribution in [0, 0.1) is 0 Å². The molecule has 1 aromatic heterocycles. The van der Waals surface area contributed by atoms with Crippen molar-refractivity contribution in [3.8, 4) is 11.1 Å². The summed E-state index contributed by atoms with van der Waals surface area (Å²) in [5.41, 5.74) is 3.37. The van der Waals surface area contributed by atoms with Gasteiger partial charge < -0.3 is 10.6 Å². The summed E-state index contributed by atoms with van der Waals surface area (Å²) < 4.78 is 39.9. The van der Waals surface area contributed by atoms with Crippen LogP contribution in [0.1, 0.15) is 32.0 Å². The van der Waals surface area contributed by atoms with Gasteiger partial charge in [-0.25, -0.2) is 4.98 Å². The molecule has 3 aromatic carbocycles. The molecule has 0 saturated heterocycles. The molecule has 0 unspecified atom stereocenters. The Kier molecular flexibility index (Phi) is 7.26. The summed E-state index contributed by atoms with van der Waals surface area (Å²) in [6.45, 7) is 0.429. The van der Waals surface area contributed by atoms with Crippen LogP contribution in [0.5, 0.6) is 0 Å². The van der Waals surface area contributed by atoms with E-state index < -0.39 is 17.6 Å². The number of alkyl halides is 3. The lowest BCUT2D eigenvalue weighted by molar-refractivity contribution is -0.137. The lowest BCUT2D eigenvalue weighted by Crippen LogP contribution is -2.25. The van der Waals surface area contributed by atoms with Gasteiger partial charge >= 0.3 is 6.18 Å². The SMILES string of the molecule is O=C(NCCc1cscn1)c1ccc(NC(=O)c2cc(C(F)(F)F)ccc2-c2ccccc2)cc1. The van der Waals surface area contributed by atoms with Crippen LogP contribution in [-0.2, 0) is 12.6 Å². The number of hydrogen-bond acceptors (Lipinski definition) is 4. The zero-order valence-electron chi connectivity index (χ0n) is 18.3. The molecule has 9 heteroatoms. The minimum absolute atomic E-state index is 0.102.